The fraction of sp³-hybridized carbons (Fsp3) is 0.818. The molecular weight excluding hydrogens is 236 g/mol. The van der Waals surface area contributed by atoms with Crippen LogP contribution in [-0.4, -0.2) is 34.8 Å². The van der Waals surface area contributed by atoms with E-state index < -0.39 is 16.9 Å². The highest BCUT2D eigenvalue weighted by Crippen LogP contribution is 2.21. The Balaban J connectivity index is 4.63. The molecule has 1 N–H and O–H groups in total. The first kappa shape index (κ1) is 16.1. The van der Waals surface area contributed by atoms with Gasteiger partial charge in [0.15, 0.2) is 8.32 Å². The second kappa shape index (κ2) is 6.71. The predicted octanol–water partition coefficient (Wildman–Crippen LogP) is 2.81. The lowest BCUT2D eigenvalue weighted by Crippen LogP contribution is -2.53. The summed E-state index contributed by atoms with van der Waals surface area (Å²) in [6.07, 6.45) is 1.02. The van der Waals surface area contributed by atoms with Gasteiger partial charge in [-0.05, 0) is 32.6 Å². The van der Waals surface area contributed by atoms with Gasteiger partial charge in [-0.3, -0.25) is 0 Å². The summed E-state index contributed by atoms with van der Waals surface area (Å²) in [5.41, 5.74) is 0.973. The zero-order valence-electron chi connectivity index (χ0n) is 11.3. The molecule has 0 heterocycles. The minimum absolute atomic E-state index is 0.0401. The van der Waals surface area contributed by atoms with Crippen molar-refractivity contribution < 1.29 is 13.6 Å². The van der Waals surface area contributed by atoms with Gasteiger partial charge in [0.05, 0.1) is 12.8 Å². The lowest BCUT2D eigenvalue weighted by molar-refractivity contribution is 0.209. The number of aliphatic hydroxyl groups excluding tert-OH is 1. The largest absolute Gasteiger partial charge is 0.435 e. The standard InChI is InChI=1S/C11H26O3Si2/c1-7-8-16(10-12,13-9-11(2)3)14-15(4,5)6/h12H,2,7-10H2,1,3-6H3. The third kappa shape index (κ3) is 6.60. The third-order valence-corrected chi connectivity index (χ3v) is 8.30. The lowest BCUT2D eigenvalue weighted by atomic mass is 10.4. The van der Waals surface area contributed by atoms with Crippen molar-refractivity contribution in [3.8, 4) is 0 Å². The number of hydrogen-bond acceptors (Lipinski definition) is 3. The Labute approximate surface area is 102 Å². The van der Waals surface area contributed by atoms with E-state index in [2.05, 4.69) is 33.1 Å². The number of rotatable bonds is 8. The average molecular weight is 262 g/mol. The molecule has 0 fully saturated rings. The molecule has 0 amide bonds. The van der Waals surface area contributed by atoms with Crippen LogP contribution in [-0.2, 0) is 8.54 Å². The van der Waals surface area contributed by atoms with Crippen molar-refractivity contribution in [2.24, 2.45) is 0 Å². The molecule has 0 aromatic carbocycles. The van der Waals surface area contributed by atoms with E-state index in [-0.39, 0.29) is 6.23 Å². The summed E-state index contributed by atoms with van der Waals surface area (Å²) in [6, 6.07) is 0.848. The Morgan fingerprint density at radius 2 is 1.88 bits per heavy atom. The molecule has 16 heavy (non-hydrogen) atoms. The van der Waals surface area contributed by atoms with Gasteiger partial charge in [0.25, 0.3) is 0 Å². The highest BCUT2D eigenvalue weighted by atomic mass is 28.4. The summed E-state index contributed by atoms with van der Waals surface area (Å²) >= 11 is 0. The van der Waals surface area contributed by atoms with Gasteiger partial charge in [-0.2, -0.15) is 0 Å². The molecule has 0 spiro atoms. The van der Waals surface area contributed by atoms with Crippen LogP contribution in [0.3, 0.4) is 0 Å². The van der Waals surface area contributed by atoms with E-state index >= 15 is 0 Å². The molecule has 0 rings (SSSR count). The summed E-state index contributed by atoms with van der Waals surface area (Å²) in [5, 5.41) is 9.59. The topological polar surface area (TPSA) is 38.7 Å². The molecule has 0 aromatic heterocycles. The monoisotopic (exact) mass is 262 g/mol. The van der Waals surface area contributed by atoms with Gasteiger partial charge in [-0.25, -0.2) is 0 Å². The average Bonchev–Trinajstić information content (AvgIpc) is 2.12. The first-order valence-corrected chi connectivity index (χ1v) is 11.5. The van der Waals surface area contributed by atoms with Crippen LogP contribution in [0.1, 0.15) is 20.3 Å². The van der Waals surface area contributed by atoms with E-state index in [1.54, 1.807) is 0 Å². The van der Waals surface area contributed by atoms with E-state index in [1.807, 2.05) is 6.92 Å². The molecule has 0 saturated carbocycles. The quantitative estimate of drug-likeness (QED) is 0.540. The van der Waals surface area contributed by atoms with Gasteiger partial charge in [-0.15, -0.1) is 0 Å². The predicted molar refractivity (Wildman–Crippen MR) is 73.1 cm³/mol. The van der Waals surface area contributed by atoms with Gasteiger partial charge in [0.2, 0.25) is 0 Å². The Kier molecular flexibility index (Phi) is 6.73. The van der Waals surface area contributed by atoms with Crippen LogP contribution in [0.4, 0.5) is 0 Å². The van der Waals surface area contributed by atoms with Crippen molar-refractivity contribution >= 4 is 16.9 Å². The van der Waals surface area contributed by atoms with E-state index in [0.717, 1.165) is 18.0 Å². The van der Waals surface area contributed by atoms with E-state index in [0.29, 0.717) is 6.61 Å². The molecule has 0 aliphatic rings. The molecule has 5 heteroatoms. The van der Waals surface area contributed by atoms with Gasteiger partial charge >= 0.3 is 8.56 Å². The first-order valence-electron chi connectivity index (χ1n) is 5.84. The Bertz CT molecular complexity index is 226. The molecule has 1 unspecified atom stereocenters. The van der Waals surface area contributed by atoms with Crippen LogP contribution in [0.5, 0.6) is 0 Å². The maximum atomic E-state index is 9.59. The zero-order valence-corrected chi connectivity index (χ0v) is 13.3. The smallest absolute Gasteiger partial charge is 0.354 e. The van der Waals surface area contributed by atoms with Crippen molar-refractivity contribution in [3.05, 3.63) is 12.2 Å². The molecule has 0 aliphatic heterocycles. The van der Waals surface area contributed by atoms with Crippen LogP contribution in [0.2, 0.25) is 25.7 Å². The number of aliphatic hydroxyl groups is 1. The fourth-order valence-corrected chi connectivity index (χ4v) is 8.53. The molecule has 0 radical (unpaired) electrons. The summed E-state index contributed by atoms with van der Waals surface area (Å²) in [6.45, 7) is 14.7. The first-order chi connectivity index (χ1) is 7.24. The molecule has 0 aromatic rings. The van der Waals surface area contributed by atoms with Crippen LogP contribution < -0.4 is 0 Å². The van der Waals surface area contributed by atoms with Crippen LogP contribution in [0.15, 0.2) is 12.2 Å². The van der Waals surface area contributed by atoms with Gasteiger partial charge in [0, 0.05) is 0 Å². The van der Waals surface area contributed by atoms with Crippen molar-refractivity contribution in [3.63, 3.8) is 0 Å². The van der Waals surface area contributed by atoms with Crippen molar-refractivity contribution in [2.75, 3.05) is 12.8 Å². The molecular formula is C11H26O3Si2. The zero-order chi connectivity index (χ0) is 12.8. The van der Waals surface area contributed by atoms with Crippen LogP contribution >= 0.6 is 0 Å². The Morgan fingerprint density at radius 3 is 2.19 bits per heavy atom. The van der Waals surface area contributed by atoms with E-state index in [1.165, 1.54) is 0 Å². The summed E-state index contributed by atoms with van der Waals surface area (Å²) < 4.78 is 12.0. The van der Waals surface area contributed by atoms with Gasteiger partial charge < -0.3 is 13.6 Å². The van der Waals surface area contributed by atoms with E-state index in [9.17, 15) is 5.11 Å². The fourth-order valence-electron chi connectivity index (χ4n) is 1.50. The molecule has 0 aliphatic carbocycles. The molecule has 0 bridgehead atoms. The van der Waals surface area contributed by atoms with Gasteiger partial charge in [-0.1, -0.05) is 25.5 Å². The number of hydrogen-bond donors (Lipinski definition) is 1. The maximum Gasteiger partial charge on any atom is 0.354 e. The van der Waals surface area contributed by atoms with Crippen molar-refractivity contribution in [1.82, 2.24) is 0 Å². The summed E-state index contributed by atoms with van der Waals surface area (Å²) in [4.78, 5) is 0. The molecule has 96 valence electrons. The van der Waals surface area contributed by atoms with Crippen LogP contribution in [0, 0.1) is 0 Å². The summed E-state index contributed by atoms with van der Waals surface area (Å²) in [7, 11) is -4.09. The molecule has 0 saturated heterocycles. The van der Waals surface area contributed by atoms with Crippen molar-refractivity contribution in [2.45, 2.75) is 46.0 Å². The SMILES string of the molecule is C=C(C)CO[Si](CO)(CCC)O[Si](C)(C)C. The maximum absolute atomic E-state index is 9.59. The second-order valence-electron chi connectivity index (χ2n) is 5.28. The minimum Gasteiger partial charge on any atom is -0.435 e. The highest BCUT2D eigenvalue weighted by Gasteiger charge is 2.40. The van der Waals surface area contributed by atoms with Gasteiger partial charge in [0.1, 0.15) is 0 Å². The Hall–Kier alpha value is 0.0538. The second-order valence-corrected chi connectivity index (χ2v) is 13.2. The van der Waals surface area contributed by atoms with Crippen molar-refractivity contribution in [1.29, 1.82) is 0 Å². The summed E-state index contributed by atoms with van der Waals surface area (Å²) in [5.74, 6) is 0. The normalized spacial score (nSPS) is 15.9. The van der Waals surface area contributed by atoms with E-state index in [4.69, 9.17) is 8.54 Å². The lowest BCUT2D eigenvalue weighted by Gasteiger charge is -2.35. The highest BCUT2D eigenvalue weighted by molar-refractivity contribution is 6.82. The van der Waals surface area contributed by atoms with Crippen LogP contribution in [0.25, 0.3) is 0 Å². The minimum atomic E-state index is -2.41. The third-order valence-electron chi connectivity index (χ3n) is 1.95. The Morgan fingerprint density at radius 1 is 1.31 bits per heavy atom. The molecule has 1 atom stereocenters. The molecule has 3 nitrogen and oxygen atoms in total.